The van der Waals surface area contributed by atoms with Crippen molar-refractivity contribution < 1.29 is 43.7 Å². The first kappa shape index (κ1) is 28.4. The quantitative estimate of drug-likeness (QED) is 0.204. The van der Waals surface area contributed by atoms with E-state index in [9.17, 15) is 24.8 Å². The Kier molecular flexibility index (Phi) is 12.7. The predicted octanol–water partition coefficient (Wildman–Crippen LogP) is 2.42. The van der Waals surface area contributed by atoms with E-state index in [0.717, 1.165) is 25.7 Å². The third-order valence-electron chi connectivity index (χ3n) is 5.19. The van der Waals surface area contributed by atoms with Gasteiger partial charge < -0.3 is 30.1 Å². The Morgan fingerprint density at radius 3 is 2.35 bits per heavy atom. The van der Waals surface area contributed by atoms with E-state index in [0.29, 0.717) is 6.42 Å². The number of allylic oxidation sites excluding steroid dienone is 4. The molecule has 0 aromatic heterocycles. The minimum absolute atomic E-state index is 0.0321. The van der Waals surface area contributed by atoms with Crippen LogP contribution in [0.4, 0.5) is 0 Å². The molecule has 10 heteroatoms. The van der Waals surface area contributed by atoms with Gasteiger partial charge in [0, 0.05) is 0 Å². The third kappa shape index (κ3) is 10.7. The lowest BCUT2D eigenvalue weighted by Crippen LogP contribution is -2.58. The number of hydrogen-bond donors (Lipinski definition) is 5. The number of ether oxygens (including phenoxy) is 1. The summed E-state index contributed by atoms with van der Waals surface area (Å²) in [6.45, 7) is 7.62. The van der Waals surface area contributed by atoms with E-state index in [1.54, 1.807) is 0 Å². The maximum atomic E-state index is 12.1. The van der Waals surface area contributed by atoms with Gasteiger partial charge in [-0.15, -0.1) is 0 Å². The van der Waals surface area contributed by atoms with Gasteiger partial charge >= 0.3 is 7.82 Å². The van der Waals surface area contributed by atoms with E-state index < -0.39 is 45.1 Å². The molecule has 1 aliphatic heterocycles. The van der Waals surface area contributed by atoms with Crippen LogP contribution in [0.15, 0.2) is 23.3 Å². The summed E-state index contributed by atoms with van der Waals surface area (Å²) in [5.74, 6) is 0.258. The first-order chi connectivity index (χ1) is 14.5. The highest BCUT2D eigenvalue weighted by molar-refractivity contribution is 7.47. The molecule has 182 valence electrons. The molecule has 7 atom stereocenters. The van der Waals surface area contributed by atoms with Crippen molar-refractivity contribution in [3.8, 4) is 0 Å². The highest BCUT2D eigenvalue weighted by Gasteiger charge is 2.46. The van der Waals surface area contributed by atoms with Crippen molar-refractivity contribution in [2.45, 2.75) is 90.5 Å². The zero-order chi connectivity index (χ0) is 23.6. The fourth-order valence-corrected chi connectivity index (χ4v) is 3.97. The molecule has 0 spiro atoms. The highest BCUT2D eigenvalue weighted by atomic mass is 31.2. The molecular weight excluding hydrogens is 427 g/mol. The molecule has 0 aromatic carbocycles. The molecular formula is C21H39O9P. The van der Waals surface area contributed by atoms with E-state index in [4.69, 9.17) is 18.9 Å². The first-order valence-electron chi connectivity index (χ1n) is 10.7. The van der Waals surface area contributed by atoms with Gasteiger partial charge in [0.1, 0.15) is 24.4 Å². The molecule has 1 heterocycles. The molecule has 0 radical (unpaired) electrons. The number of phosphoric ester groups is 1. The van der Waals surface area contributed by atoms with Crippen molar-refractivity contribution in [2.75, 3.05) is 13.2 Å². The van der Waals surface area contributed by atoms with Crippen LogP contribution in [0.3, 0.4) is 0 Å². The summed E-state index contributed by atoms with van der Waals surface area (Å²) in [4.78, 5) is 9.88. The first-order valence-corrected chi connectivity index (χ1v) is 12.2. The van der Waals surface area contributed by atoms with Gasteiger partial charge in [-0.3, -0.25) is 9.05 Å². The standard InChI is InChI=1S/C21H39O9P/c1-14(2)7-5-8-15(3)9-6-10-16(4)11-12-28-31(26,27)30-21-20(25)19(24)18(23)17(13-22)29-21/h7,9,16-25H,5-6,8,10-13H2,1-4H3,(H,26,27)/b15-9+/t16?,17-,18-,19+,20-,21+/m1/s1. The van der Waals surface area contributed by atoms with E-state index in [1.165, 1.54) is 11.1 Å². The molecule has 0 saturated carbocycles. The topological polar surface area (TPSA) is 146 Å². The van der Waals surface area contributed by atoms with Gasteiger partial charge in [-0.05, 0) is 58.8 Å². The largest absolute Gasteiger partial charge is 0.474 e. The summed E-state index contributed by atoms with van der Waals surface area (Å²) in [6.07, 6.45) is 0.864. The molecule has 0 aliphatic carbocycles. The van der Waals surface area contributed by atoms with E-state index >= 15 is 0 Å². The fourth-order valence-electron chi connectivity index (χ4n) is 3.13. The Balaban J connectivity index is 2.36. The summed E-state index contributed by atoms with van der Waals surface area (Å²) >= 11 is 0. The monoisotopic (exact) mass is 466 g/mol. The molecule has 1 aliphatic rings. The zero-order valence-electron chi connectivity index (χ0n) is 18.9. The van der Waals surface area contributed by atoms with Crippen LogP contribution in [0, 0.1) is 5.92 Å². The summed E-state index contributed by atoms with van der Waals surface area (Å²) in [5.41, 5.74) is 2.66. The number of hydrogen-bond acceptors (Lipinski definition) is 8. The molecule has 2 unspecified atom stereocenters. The van der Waals surface area contributed by atoms with Crippen LogP contribution in [-0.2, 0) is 18.3 Å². The smallest absolute Gasteiger partial charge is 0.394 e. The summed E-state index contributed by atoms with van der Waals surface area (Å²) < 4.78 is 27.0. The second kappa shape index (κ2) is 13.8. The Labute approximate surface area is 185 Å². The third-order valence-corrected chi connectivity index (χ3v) is 6.18. The lowest BCUT2D eigenvalue weighted by atomic mass is 10.00. The average Bonchev–Trinajstić information content (AvgIpc) is 2.67. The maximum absolute atomic E-state index is 12.1. The van der Waals surface area contributed by atoms with Gasteiger partial charge in [0.25, 0.3) is 0 Å². The van der Waals surface area contributed by atoms with Gasteiger partial charge in [0.15, 0.2) is 6.29 Å². The minimum atomic E-state index is -4.58. The average molecular weight is 467 g/mol. The molecule has 1 rings (SSSR count). The molecule has 0 aromatic rings. The summed E-state index contributed by atoms with van der Waals surface area (Å²) in [5, 5.41) is 38.5. The number of aliphatic hydroxyl groups is 4. The minimum Gasteiger partial charge on any atom is -0.394 e. The van der Waals surface area contributed by atoms with Crippen LogP contribution in [-0.4, -0.2) is 69.2 Å². The van der Waals surface area contributed by atoms with Crippen molar-refractivity contribution in [1.82, 2.24) is 0 Å². The summed E-state index contributed by atoms with van der Waals surface area (Å²) in [7, 11) is -4.58. The molecule has 0 amide bonds. The van der Waals surface area contributed by atoms with Gasteiger partial charge in [0.05, 0.1) is 13.2 Å². The second-order valence-electron chi connectivity index (χ2n) is 8.45. The number of rotatable bonds is 13. The van der Waals surface area contributed by atoms with E-state index in [2.05, 4.69) is 32.9 Å². The second-order valence-corrected chi connectivity index (χ2v) is 9.85. The Morgan fingerprint density at radius 1 is 1.06 bits per heavy atom. The molecule has 9 nitrogen and oxygen atoms in total. The Bertz CT molecular complexity index is 630. The fraction of sp³-hybridized carbons (Fsp3) is 0.810. The van der Waals surface area contributed by atoms with E-state index in [-0.39, 0.29) is 12.5 Å². The number of aliphatic hydroxyl groups excluding tert-OH is 4. The summed E-state index contributed by atoms with van der Waals surface area (Å²) in [6, 6.07) is 0. The van der Waals surface area contributed by atoms with Crippen LogP contribution < -0.4 is 0 Å². The highest BCUT2D eigenvalue weighted by Crippen LogP contribution is 2.46. The molecule has 5 N–H and O–H groups in total. The molecule has 31 heavy (non-hydrogen) atoms. The Hall–Kier alpha value is -0.610. The lowest BCUT2D eigenvalue weighted by molar-refractivity contribution is -0.281. The van der Waals surface area contributed by atoms with Crippen LogP contribution in [0.1, 0.15) is 59.8 Å². The SMILES string of the molecule is CC(C)=CCC/C(C)=C/CCC(C)CCOP(=O)(O)O[C@@H]1O[C@H](CO)[C@@H](O)[C@H](O)[C@H]1O. The van der Waals surface area contributed by atoms with Crippen molar-refractivity contribution in [3.63, 3.8) is 0 Å². The van der Waals surface area contributed by atoms with E-state index in [1.807, 2.05) is 6.92 Å². The van der Waals surface area contributed by atoms with Crippen LogP contribution in [0.2, 0.25) is 0 Å². The van der Waals surface area contributed by atoms with Crippen molar-refractivity contribution in [3.05, 3.63) is 23.3 Å². The van der Waals surface area contributed by atoms with Gasteiger partial charge in [0.2, 0.25) is 0 Å². The van der Waals surface area contributed by atoms with Gasteiger partial charge in [-0.25, -0.2) is 4.57 Å². The number of phosphoric acid groups is 1. The van der Waals surface area contributed by atoms with Crippen LogP contribution in [0.5, 0.6) is 0 Å². The lowest BCUT2D eigenvalue weighted by Gasteiger charge is -2.39. The van der Waals surface area contributed by atoms with Crippen molar-refractivity contribution >= 4 is 7.82 Å². The molecule has 1 fully saturated rings. The predicted molar refractivity (Wildman–Crippen MR) is 116 cm³/mol. The van der Waals surface area contributed by atoms with Gasteiger partial charge in [-0.1, -0.05) is 30.2 Å². The Morgan fingerprint density at radius 2 is 1.74 bits per heavy atom. The zero-order valence-corrected chi connectivity index (χ0v) is 19.8. The van der Waals surface area contributed by atoms with Crippen molar-refractivity contribution in [2.24, 2.45) is 5.92 Å². The van der Waals surface area contributed by atoms with Crippen LogP contribution >= 0.6 is 7.82 Å². The van der Waals surface area contributed by atoms with Crippen molar-refractivity contribution in [1.29, 1.82) is 0 Å². The van der Waals surface area contributed by atoms with Crippen LogP contribution in [0.25, 0.3) is 0 Å². The van der Waals surface area contributed by atoms with Gasteiger partial charge in [-0.2, -0.15) is 0 Å². The molecule has 1 saturated heterocycles. The maximum Gasteiger partial charge on any atom is 0.474 e. The molecule has 0 bridgehead atoms. The normalized spacial score (nSPS) is 30.0.